The average Bonchev–Trinajstić information content (AvgIpc) is 4.07. The first kappa shape index (κ1) is 38.7. The number of fused-ring (bicyclic) bond motifs is 1. The second-order valence-electron chi connectivity index (χ2n) is 16.0. The molecule has 12 heteroatoms. The monoisotopic (exact) mass is 781 g/mol. The fourth-order valence-corrected chi connectivity index (χ4v) is 8.68. The zero-order valence-electron chi connectivity index (χ0n) is 33.0. The minimum atomic E-state index is -0.750. The molecule has 4 N–H and O–H groups in total. The summed E-state index contributed by atoms with van der Waals surface area (Å²) in [5, 5.41) is 9.57. The number of imidazole rings is 1. The Morgan fingerprint density at radius 2 is 1.72 bits per heavy atom. The van der Waals surface area contributed by atoms with E-state index in [9.17, 15) is 19.2 Å². The highest BCUT2D eigenvalue weighted by atomic mass is 16.6. The molecular formula is C46H51N7O5. The minimum absolute atomic E-state index is 0.0231. The van der Waals surface area contributed by atoms with Crippen molar-refractivity contribution >= 4 is 35.2 Å². The van der Waals surface area contributed by atoms with E-state index in [0.717, 1.165) is 59.6 Å². The maximum atomic E-state index is 14.1. The molecule has 12 nitrogen and oxygen atoms in total. The van der Waals surface area contributed by atoms with Crippen molar-refractivity contribution in [3.63, 3.8) is 0 Å². The Balaban J connectivity index is 0.890. The van der Waals surface area contributed by atoms with Gasteiger partial charge in [0.15, 0.2) is 0 Å². The molecule has 4 amide bonds. The molecule has 58 heavy (non-hydrogen) atoms. The maximum Gasteiger partial charge on any atom is 0.408 e. The number of amides is 4. The summed E-state index contributed by atoms with van der Waals surface area (Å²) in [7, 11) is 0. The van der Waals surface area contributed by atoms with Crippen molar-refractivity contribution in [2.75, 3.05) is 23.7 Å². The summed E-state index contributed by atoms with van der Waals surface area (Å²) in [6.45, 7) is 4.74. The van der Waals surface area contributed by atoms with Crippen molar-refractivity contribution in [2.24, 2.45) is 5.92 Å². The Bertz CT molecular complexity index is 2200. The van der Waals surface area contributed by atoms with Crippen LogP contribution in [0.1, 0.15) is 80.6 Å². The normalized spacial score (nSPS) is 21.4. The summed E-state index contributed by atoms with van der Waals surface area (Å²) in [6.07, 6.45) is 13.6. The first-order chi connectivity index (χ1) is 28.2. The van der Waals surface area contributed by atoms with Gasteiger partial charge in [0.2, 0.25) is 17.7 Å². The van der Waals surface area contributed by atoms with Crippen LogP contribution in [0.4, 0.5) is 16.2 Å². The number of nitrogens with one attached hydrogen (secondary N) is 4. The summed E-state index contributed by atoms with van der Waals surface area (Å²) in [4.78, 5) is 65.1. The van der Waals surface area contributed by atoms with E-state index in [0.29, 0.717) is 31.6 Å². The third-order valence-corrected chi connectivity index (χ3v) is 11.6. The van der Waals surface area contributed by atoms with Crippen LogP contribution in [0.25, 0.3) is 11.3 Å². The lowest BCUT2D eigenvalue weighted by atomic mass is 9.91. The first-order valence-electron chi connectivity index (χ1n) is 20.5. The largest absolute Gasteiger partial charge is 0.447 e. The zero-order valence-corrected chi connectivity index (χ0v) is 33.0. The predicted molar refractivity (Wildman–Crippen MR) is 223 cm³/mol. The molecule has 4 heterocycles. The molecule has 1 aromatic heterocycles. The van der Waals surface area contributed by atoms with Crippen LogP contribution in [-0.4, -0.2) is 74.9 Å². The van der Waals surface area contributed by atoms with Gasteiger partial charge in [-0.15, -0.1) is 0 Å². The molecule has 3 aromatic carbocycles. The third kappa shape index (κ3) is 8.56. The number of H-pyrrole nitrogens is 1. The van der Waals surface area contributed by atoms with E-state index in [1.54, 1.807) is 18.7 Å². The Morgan fingerprint density at radius 1 is 0.931 bits per heavy atom. The van der Waals surface area contributed by atoms with Gasteiger partial charge in [-0.25, -0.2) is 9.78 Å². The number of ether oxygens (including phenoxy) is 1. The Kier molecular flexibility index (Phi) is 11.4. The quantitative estimate of drug-likeness (QED) is 0.125. The smallest absolute Gasteiger partial charge is 0.408 e. The third-order valence-electron chi connectivity index (χ3n) is 11.6. The number of hydrogen-bond donors (Lipinski definition) is 4. The van der Waals surface area contributed by atoms with Gasteiger partial charge in [-0.2, -0.15) is 0 Å². The van der Waals surface area contributed by atoms with Crippen LogP contribution >= 0.6 is 0 Å². The van der Waals surface area contributed by atoms with Gasteiger partial charge < -0.3 is 35.5 Å². The van der Waals surface area contributed by atoms with Crippen molar-refractivity contribution in [1.29, 1.82) is 0 Å². The molecule has 0 radical (unpaired) electrons. The number of hydrogen-bond acceptors (Lipinski definition) is 7. The molecule has 1 unspecified atom stereocenters. The van der Waals surface area contributed by atoms with E-state index in [2.05, 4.69) is 39.1 Å². The van der Waals surface area contributed by atoms with Gasteiger partial charge >= 0.3 is 6.09 Å². The van der Waals surface area contributed by atoms with Gasteiger partial charge in [-0.3, -0.25) is 14.4 Å². The number of anilines is 2. The van der Waals surface area contributed by atoms with Crippen LogP contribution in [0.2, 0.25) is 0 Å². The molecule has 8 rings (SSSR count). The van der Waals surface area contributed by atoms with Gasteiger partial charge in [-0.1, -0.05) is 72.8 Å². The van der Waals surface area contributed by atoms with Crippen LogP contribution in [0, 0.1) is 5.92 Å². The minimum Gasteiger partial charge on any atom is -0.447 e. The number of allylic oxidation sites excluding steroid dienone is 3. The number of nitrogens with zero attached hydrogens (tertiary/aromatic N) is 3. The SMILES string of the molecule is CC(C)OC(=O)N[C@@H](C(=O)N1CCC[C@H]1c1ncc(-c2ccc3c(c2)CC(c2ccc(NC(=O)[C@@H]4CCCN4C(=O)Cc4ccccc4)cc2)N3)[nH]1)[C@H]1C=CC=CC1. The summed E-state index contributed by atoms with van der Waals surface area (Å²) in [5.74, 6) is 0.239. The summed E-state index contributed by atoms with van der Waals surface area (Å²) in [6, 6.07) is 22.5. The highest BCUT2D eigenvalue weighted by Gasteiger charge is 2.39. The molecule has 300 valence electrons. The lowest BCUT2D eigenvalue weighted by Gasteiger charge is -2.32. The van der Waals surface area contributed by atoms with E-state index < -0.39 is 18.2 Å². The molecule has 4 aliphatic rings. The lowest BCUT2D eigenvalue weighted by molar-refractivity contribution is -0.136. The van der Waals surface area contributed by atoms with Crippen molar-refractivity contribution < 1.29 is 23.9 Å². The van der Waals surface area contributed by atoms with Crippen LogP contribution in [0.3, 0.4) is 0 Å². The van der Waals surface area contributed by atoms with Crippen LogP contribution in [0.5, 0.6) is 0 Å². The van der Waals surface area contributed by atoms with Gasteiger partial charge in [0, 0.05) is 30.4 Å². The van der Waals surface area contributed by atoms with Gasteiger partial charge in [0.05, 0.1) is 36.5 Å². The van der Waals surface area contributed by atoms with E-state index in [-0.39, 0.29) is 48.2 Å². The molecule has 0 spiro atoms. The van der Waals surface area contributed by atoms with E-state index in [1.807, 2.05) is 90.0 Å². The summed E-state index contributed by atoms with van der Waals surface area (Å²) >= 11 is 0. The van der Waals surface area contributed by atoms with Crippen molar-refractivity contribution in [2.45, 2.75) is 89.1 Å². The zero-order chi connectivity index (χ0) is 40.2. The molecule has 5 atom stereocenters. The van der Waals surface area contributed by atoms with E-state index in [4.69, 9.17) is 9.72 Å². The number of likely N-dealkylation sites (tertiary alicyclic amines) is 2. The second-order valence-corrected chi connectivity index (χ2v) is 16.0. The fourth-order valence-electron chi connectivity index (χ4n) is 8.68. The number of carbonyl (C=O) groups excluding carboxylic acids is 4. The number of rotatable bonds is 11. The van der Waals surface area contributed by atoms with Gasteiger partial charge in [0.1, 0.15) is 17.9 Å². The van der Waals surface area contributed by atoms with Crippen LogP contribution < -0.4 is 16.0 Å². The molecule has 2 saturated heterocycles. The standard InChI is InChI=1S/C46H51N7O5/c1-29(2)58-46(57)51-42(32-13-7-4-8-14-32)45(56)53-24-9-15-39(53)43-47-28-38(50-43)33-19-22-36-34(26-33)27-37(49-36)31-17-20-35(21-18-31)48-44(55)40-16-10-23-52(40)41(54)25-30-11-5-3-6-12-30/h3-8,11-13,17-22,26,28-29,32,37,39-40,42,49H,9-10,14-16,23-25,27H2,1-2H3,(H,47,50)(H,48,55)(H,51,57)/t32-,37?,39-,40-,42+/m0/s1. The van der Waals surface area contributed by atoms with Crippen molar-refractivity contribution in [3.05, 3.63) is 126 Å². The number of alkyl carbamates (subject to hydrolysis) is 1. The average molecular weight is 782 g/mol. The lowest BCUT2D eigenvalue weighted by Crippen LogP contribution is -2.52. The highest BCUT2D eigenvalue weighted by Crippen LogP contribution is 2.38. The summed E-state index contributed by atoms with van der Waals surface area (Å²) < 4.78 is 5.36. The van der Waals surface area contributed by atoms with Crippen LogP contribution in [-0.2, 0) is 32.0 Å². The molecule has 3 aliphatic heterocycles. The highest BCUT2D eigenvalue weighted by molar-refractivity contribution is 5.97. The van der Waals surface area contributed by atoms with E-state index in [1.165, 1.54) is 5.56 Å². The van der Waals surface area contributed by atoms with Crippen molar-refractivity contribution in [1.82, 2.24) is 25.1 Å². The van der Waals surface area contributed by atoms with Gasteiger partial charge in [0.25, 0.3) is 0 Å². The number of carbonyl (C=O) groups is 4. The molecule has 0 saturated carbocycles. The maximum absolute atomic E-state index is 14.1. The molecule has 4 aromatic rings. The molecule has 2 fully saturated rings. The first-order valence-corrected chi connectivity index (χ1v) is 20.5. The predicted octanol–water partition coefficient (Wildman–Crippen LogP) is 7.26. The molecule has 0 bridgehead atoms. The Hall–Kier alpha value is -6.17. The fraction of sp³-hybridized carbons (Fsp3) is 0.370. The van der Waals surface area contributed by atoms with E-state index >= 15 is 0 Å². The Morgan fingerprint density at radius 3 is 2.50 bits per heavy atom. The van der Waals surface area contributed by atoms with Gasteiger partial charge in [-0.05, 0) is 98.9 Å². The topological polar surface area (TPSA) is 149 Å². The number of benzene rings is 3. The number of aromatic amines is 1. The summed E-state index contributed by atoms with van der Waals surface area (Å²) in [5.41, 5.74) is 6.90. The molecular weight excluding hydrogens is 731 g/mol. The van der Waals surface area contributed by atoms with Crippen molar-refractivity contribution in [3.8, 4) is 11.3 Å². The van der Waals surface area contributed by atoms with Crippen LogP contribution in [0.15, 0.2) is 103 Å². The second kappa shape index (κ2) is 17.1. The Labute approximate surface area is 339 Å². The molecule has 1 aliphatic carbocycles. The number of aromatic nitrogens is 2.